The normalized spacial score (nSPS) is 17.7. The van der Waals surface area contributed by atoms with Gasteiger partial charge in [0, 0.05) is 25.2 Å². The second kappa shape index (κ2) is 5.35. The molecule has 2 rings (SSSR count). The summed E-state index contributed by atoms with van der Waals surface area (Å²) in [6, 6.07) is 6.02. The number of nitrogens with two attached hydrogens (primary N) is 1. The van der Waals surface area contributed by atoms with E-state index < -0.39 is 0 Å². The van der Waals surface area contributed by atoms with Gasteiger partial charge in [0.25, 0.3) is 0 Å². The van der Waals surface area contributed by atoms with Gasteiger partial charge >= 0.3 is 0 Å². The molecule has 5 nitrogen and oxygen atoms in total. The van der Waals surface area contributed by atoms with Gasteiger partial charge < -0.3 is 16.3 Å². The van der Waals surface area contributed by atoms with E-state index in [0.29, 0.717) is 12.3 Å². The number of aromatic nitrogens is 1. The minimum Gasteiger partial charge on any atom is -0.409 e. The van der Waals surface area contributed by atoms with Gasteiger partial charge in [-0.1, -0.05) is 11.2 Å². The maximum atomic E-state index is 8.59. The quantitative estimate of drug-likeness (QED) is 0.307. The SMILES string of the molecule is Cc1cccc(CNCC2(CC(N)=NO)CC2)n1. The summed E-state index contributed by atoms with van der Waals surface area (Å²) in [6.07, 6.45) is 2.94. The monoisotopic (exact) mass is 248 g/mol. The van der Waals surface area contributed by atoms with Gasteiger partial charge in [0.1, 0.15) is 5.84 Å². The zero-order valence-electron chi connectivity index (χ0n) is 10.7. The lowest BCUT2D eigenvalue weighted by atomic mass is 10.0. The highest BCUT2D eigenvalue weighted by atomic mass is 16.4. The predicted molar refractivity (Wildman–Crippen MR) is 70.4 cm³/mol. The van der Waals surface area contributed by atoms with Gasteiger partial charge in [0.15, 0.2) is 0 Å². The molecule has 0 aliphatic heterocycles. The fourth-order valence-electron chi connectivity index (χ4n) is 2.17. The van der Waals surface area contributed by atoms with Gasteiger partial charge in [-0.2, -0.15) is 0 Å². The number of nitrogens with one attached hydrogen (secondary N) is 1. The summed E-state index contributed by atoms with van der Waals surface area (Å²) in [5.41, 5.74) is 7.84. The molecule has 18 heavy (non-hydrogen) atoms. The second-order valence-corrected chi connectivity index (χ2v) is 5.14. The minimum atomic E-state index is 0.195. The zero-order valence-corrected chi connectivity index (χ0v) is 10.7. The number of oxime groups is 1. The van der Waals surface area contributed by atoms with Crippen molar-refractivity contribution in [2.24, 2.45) is 16.3 Å². The van der Waals surface area contributed by atoms with E-state index in [2.05, 4.69) is 15.5 Å². The van der Waals surface area contributed by atoms with Crippen LogP contribution in [0.25, 0.3) is 0 Å². The molecule has 0 spiro atoms. The Morgan fingerprint density at radius 1 is 1.56 bits per heavy atom. The molecule has 1 aromatic heterocycles. The first-order chi connectivity index (χ1) is 8.63. The Morgan fingerprint density at radius 2 is 2.33 bits per heavy atom. The number of pyridine rings is 1. The first kappa shape index (κ1) is 12.8. The molecule has 0 amide bonds. The third kappa shape index (κ3) is 3.43. The molecular weight excluding hydrogens is 228 g/mol. The summed E-state index contributed by atoms with van der Waals surface area (Å²) in [5.74, 6) is 0.322. The molecule has 0 bridgehead atoms. The van der Waals surface area contributed by atoms with Gasteiger partial charge in [-0.3, -0.25) is 4.98 Å². The molecule has 4 N–H and O–H groups in total. The molecule has 1 saturated carbocycles. The van der Waals surface area contributed by atoms with Crippen molar-refractivity contribution in [1.29, 1.82) is 0 Å². The predicted octanol–water partition coefficient (Wildman–Crippen LogP) is 1.40. The van der Waals surface area contributed by atoms with E-state index in [1.54, 1.807) is 0 Å². The summed E-state index contributed by atoms with van der Waals surface area (Å²) in [4.78, 5) is 4.44. The van der Waals surface area contributed by atoms with Gasteiger partial charge in [0.2, 0.25) is 0 Å². The Morgan fingerprint density at radius 3 is 2.94 bits per heavy atom. The molecule has 1 aliphatic carbocycles. The fourth-order valence-corrected chi connectivity index (χ4v) is 2.17. The molecule has 1 aromatic rings. The molecule has 0 radical (unpaired) electrons. The van der Waals surface area contributed by atoms with Crippen LogP contribution >= 0.6 is 0 Å². The van der Waals surface area contributed by atoms with Crippen molar-refractivity contribution in [2.75, 3.05) is 6.54 Å². The average molecular weight is 248 g/mol. The number of nitrogens with zero attached hydrogens (tertiary/aromatic N) is 2. The molecule has 0 aromatic carbocycles. The van der Waals surface area contributed by atoms with Crippen molar-refractivity contribution in [1.82, 2.24) is 10.3 Å². The number of hydrogen-bond donors (Lipinski definition) is 3. The van der Waals surface area contributed by atoms with Crippen LogP contribution in [0.4, 0.5) is 0 Å². The van der Waals surface area contributed by atoms with Crippen molar-refractivity contribution in [3.05, 3.63) is 29.6 Å². The highest BCUT2D eigenvalue weighted by molar-refractivity contribution is 5.80. The molecule has 0 atom stereocenters. The van der Waals surface area contributed by atoms with Crippen LogP contribution in [0.5, 0.6) is 0 Å². The molecule has 1 fully saturated rings. The van der Waals surface area contributed by atoms with Crippen molar-refractivity contribution < 1.29 is 5.21 Å². The molecule has 1 aliphatic rings. The van der Waals surface area contributed by atoms with E-state index in [1.807, 2.05) is 25.1 Å². The van der Waals surface area contributed by atoms with E-state index in [-0.39, 0.29) is 5.41 Å². The van der Waals surface area contributed by atoms with E-state index in [4.69, 9.17) is 10.9 Å². The van der Waals surface area contributed by atoms with Crippen LogP contribution in [0.3, 0.4) is 0 Å². The van der Waals surface area contributed by atoms with Gasteiger partial charge in [0.05, 0.1) is 5.69 Å². The molecule has 0 unspecified atom stereocenters. The van der Waals surface area contributed by atoms with Crippen LogP contribution in [0.15, 0.2) is 23.4 Å². The fraction of sp³-hybridized carbons (Fsp3) is 0.538. The maximum absolute atomic E-state index is 8.59. The molecular formula is C13H20N4O. The van der Waals surface area contributed by atoms with Gasteiger partial charge in [-0.25, -0.2) is 0 Å². The lowest BCUT2D eigenvalue weighted by Gasteiger charge is -2.14. The molecule has 5 heteroatoms. The summed E-state index contributed by atoms with van der Waals surface area (Å²) >= 11 is 0. The van der Waals surface area contributed by atoms with Crippen LogP contribution in [-0.4, -0.2) is 22.6 Å². The van der Waals surface area contributed by atoms with Crippen molar-refractivity contribution in [3.8, 4) is 0 Å². The van der Waals surface area contributed by atoms with E-state index >= 15 is 0 Å². The highest BCUT2D eigenvalue weighted by Gasteiger charge is 2.42. The van der Waals surface area contributed by atoms with E-state index in [1.165, 1.54) is 0 Å². The lowest BCUT2D eigenvalue weighted by Crippen LogP contribution is -2.28. The summed E-state index contributed by atoms with van der Waals surface area (Å²) < 4.78 is 0. The van der Waals surface area contributed by atoms with Crippen LogP contribution in [0.2, 0.25) is 0 Å². The highest BCUT2D eigenvalue weighted by Crippen LogP contribution is 2.48. The third-order valence-electron chi connectivity index (χ3n) is 3.39. The zero-order chi connectivity index (χ0) is 13.0. The summed E-state index contributed by atoms with van der Waals surface area (Å²) in [7, 11) is 0. The maximum Gasteiger partial charge on any atom is 0.139 e. The minimum absolute atomic E-state index is 0.195. The lowest BCUT2D eigenvalue weighted by molar-refractivity contribution is 0.314. The number of hydrogen-bond acceptors (Lipinski definition) is 4. The Labute approximate surface area is 107 Å². The van der Waals surface area contributed by atoms with Crippen LogP contribution in [0.1, 0.15) is 30.7 Å². The van der Waals surface area contributed by atoms with E-state index in [0.717, 1.165) is 37.3 Å². The topological polar surface area (TPSA) is 83.5 Å². The Bertz CT molecular complexity index is 440. The van der Waals surface area contributed by atoms with Gasteiger partial charge in [-0.05, 0) is 37.3 Å². The van der Waals surface area contributed by atoms with Crippen molar-refractivity contribution in [3.63, 3.8) is 0 Å². The Hall–Kier alpha value is -1.62. The van der Waals surface area contributed by atoms with Crippen LogP contribution in [-0.2, 0) is 6.54 Å². The Kier molecular flexibility index (Phi) is 3.81. The summed E-state index contributed by atoms with van der Waals surface area (Å²) in [6.45, 7) is 3.64. The third-order valence-corrected chi connectivity index (χ3v) is 3.39. The van der Waals surface area contributed by atoms with Crippen molar-refractivity contribution >= 4 is 5.84 Å². The standard InChI is InChI=1S/C13H20N4O/c1-10-3-2-4-11(16-10)8-15-9-13(5-6-13)7-12(14)17-18/h2-4,15,18H,5-9H2,1H3,(H2,14,17). The molecule has 0 saturated heterocycles. The molecule has 1 heterocycles. The smallest absolute Gasteiger partial charge is 0.139 e. The second-order valence-electron chi connectivity index (χ2n) is 5.14. The number of amidine groups is 1. The summed E-state index contributed by atoms with van der Waals surface area (Å²) in [5, 5.41) is 15.0. The number of rotatable bonds is 6. The molecule has 98 valence electrons. The van der Waals surface area contributed by atoms with Crippen molar-refractivity contribution in [2.45, 2.75) is 32.7 Å². The van der Waals surface area contributed by atoms with Crippen LogP contribution in [0, 0.1) is 12.3 Å². The first-order valence-electron chi connectivity index (χ1n) is 6.23. The van der Waals surface area contributed by atoms with Gasteiger partial charge in [-0.15, -0.1) is 0 Å². The first-order valence-corrected chi connectivity index (χ1v) is 6.23. The van der Waals surface area contributed by atoms with Crippen LogP contribution < -0.4 is 11.1 Å². The number of aryl methyl sites for hydroxylation is 1. The average Bonchev–Trinajstić information content (AvgIpc) is 3.09. The Balaban J connectivity index is 1.79. The van der Waals surface area contributed by atoms with E-state index in [9.17, 15) is 0 Å². The largest absolute Gasteiger partial charge is 0.409 e.